The number of nitrogens with zero attached hydrogens (tertiary/aromatic N) is 3. The Hall–Kier alpha value is -2.60. The molecule has 5 nitrogen and oxygen atoms in total. The lowest BCUT2D eigenvalue weighted by Crippen LogP contribution is -2.40. The Morgan fingerprint density at radius 2 is 1.93 bits per heavy atom. The minimum absolute atomic E-state index is 0.0630. The molecule has 0 bridgehead atoms. The molecule has 0 aliphatic carbocycles. The lowest BCUT2D eigenvalue weighted by Gasteiger charge is -2.25. The quantitative estimate of drug-likeness (QED) is 0.625. The molecule has 0 spiro atoms. The smallest absolute Gasteiger partial charge is 0.277 e. The van der Waals surface area contributed by atoms with Gasteiger partial charge in [-0.1, -0.05) is 48.2 Å². The van der Waals surface area contributed by atoms with Crippen LogP contribution in [0.15, 0.2) is 58.2 Å². The van der Waals surface area contributed by atoms with Crippen LogP contribution in [0.2, 0.25) is 0 Å². The van der Waals surface area contributed by atoms with E-state index < -0.39 is 0 Å². The van der Waals surface area contributed by atoms with E-state index in [4.69, 9.17) is 4.42 Å². The number of rotatable bonds is 4. The van der Waals surface area contributed by atoms with Crippen molar-refractivity contribution in [2.45, 2.75) is 43.7 Å². The van der Waals surface area contributed by atoms with Gasteiger partial charge in [-0.3, -0.25) is 4.79 Å². The molecule has 2 heterocycles. The van der Waals surface area contributed by atoms with Crippen molar-refractivity contribution < 1.29 is 9.21 Å². The summed E-state index contributed by atoms with van der Waals surface area (Å²) >= 11 is 1.31. The first-order valence-electron chi connectivity index (χ1n) is 9.01. The van der Waals surface area contributed by atoms with Crippen molar-refractivity contribution in [3.05, 3.63) is 59.7 Å². The molecule has 2 atom stereocenters. The summed E-state index contributed by atoms with van der Waals surface area (Å²) in [5.41, 5.74) is 4.21. The van der Waals surface area contributed by atoms with Gasteiger partial charge >= 0.3 is 0 Å². The first-order valence-corrected chi connectivity index (χ1v) is 9.89. The molecule has 0 saturated heterocycles. The van der Waals surface area contributed by atoms with E-state index in [1.807, 2.05) is 61.2 Å². The monoisotopic (exact) mass is 379 g/mol. The second-order valence-corrected chi connectivity index (χ2v) is 8.13. The fourth-order valence-electron chi connectivity index (χ4n) is 3.48. The van der Waals surface area contributed by atoms with Crippen molar-refractivity contribution >= 4 is 23.4 Å². The van der Waals surface area contributed by atoms with Crippen LogP contribution in [0.5, 0.6) is 0 Å². The molecule has 1 amide bonds. The normalized spacial score (nSPS) is 17.0. The summed E-state index contributed by atoms with van der Waals surface area (Å²) in [6.45, 7) is 5.97. The van der Waals surface area contributed by atoms with Crippen molar-refractivity contribution in [2.75, 3.05) is 4.90 Å². The second-order valence-electron chi connectivity index (χ2n) is 6.84. The van der Waals surface area contributed by atoms with Gasteiger partial charge in [-0.05, 0) is 50.5 Å². The number of aromatic nitrogens is 2. The number of carbonyl (C=O) groups excluding carboxylic acids is 1. The predicted molar refractivity (Wildman–Crippen MR) is 107 cm³/mol. The molecule has 0 radical (unpaired) electrons. The SMILES string of the molecule is Cc1ccccc1-c1nnc(S[C@@H](C)C(=O)N2c3ccccc3C[C@@H]2C)o1. The van der Waals surface area contributed by atoms with E-state index in [0.29, 0.717) is 11.1 Å². The summed E-state index contributed by atoms with van der Waals surface area (Å²) in [5, 5.41) is 8.36. The Kier molecular flexibility index (Phi) is 4.74. The highest BCUT2D eigenvalue weighted by Crippen LogP contribution is 2.35. The number of hydrogen-bond acceptors (Lipinski definition) is 5. The molecule has 4 rings (SSSR count). The molecule has 1 aliphatic rings. The van der Waals surface area contributed by atoms with E-state index in [-0.39, 0.29) is 17.2 Å². The maximum Gasteiger partial charge on any atom is 0.277 e. The number of anilines is 1. The summed E-state index contributed by atoms with van der Waals surface area (Å²) in [6.07, 6.45) is 0.886. The maximum atomic E-state index is 13.1. The molecule has 2 aromatic carbocycles. The van der Waals surface area contributed by atoms with E-state index in [0.717, 1.165) is 23.2 Å². The molecule has 6 heteroatoms. The van der Waals surface area contributed by atoms with Gasteiger partial charge in [0, 0.05) is 17.3 Å². The van der Waals surface area contributed by atoms with Crippen LogP contribution < -0.4 is 4.90 Å². The van der Waals surface area contributed by atoms with Crippen molar-refractivity contribution in [1.29, 1.82) is 0 Å². The molecule has 0 unspecified atom stereocenters. The van der Waals surface area contributed by atoms with Gasteiger partial charge in [0.15, 0.2) is 0 Å². The number of hydrogen-bond donors (Lipinski definition) is 0. The van der Waals surface area contributed by atoms with E-state index in [2.05, 4.69) is 23.2 Å². The lowest BCUT2D eigenvalue weighted by molar-refractivity contribution is -0.118. The Morgan fingerprint density at radius 3 is 2.74 bits per heavy atom. The van der Waals surface area contributed by atoms with Crippen molar-refractivity contribution in [2.24, 2.45) is 0 Å². The van der Waals surface area contributed by atoms with Gasteiger partial charge < -0.3 is 9.32 Å². The van der Waals surface area contributed by atoms with E-state index in [9.17, 15) is 4.79 Å². The van der Waals surface area contributed by atoms with Crippen LogP contribution in [-0.4, -0.2) is 27.4 Å². The Balaban J connectivity index is 1.51. The van der Waals surface area contributed by atoms with Crippen LogP contribution in [-0.2, 0) is 11.2 Å². The zero-order valence-electron chi connectivity index (χ0n) is 15.5. The number of fused-ring (bicyclic) bond motifs is 1. The van der Waals surface area contributed by atoms with Crippen LogP contribution in [0.3, 0.4) is 0 Å². The Bertz CT molecular complexity index is 985. The number of thioether (sulfide) groups is 1. The number of amides is 1. The summed E-state index contributed by atoms with van der Waals surface area (Å²) in [6, 6.07) is 16.1. The number of para-hydroxylation sites is 1. The van der Waals surface area contributed by atoms with Gasteiger partial charge in [-0.25, -0.2) is 0 Å². The standard InChI is InChI=1S/C21H21N3O2S/c1-13-8-4-6-10-17(13)19-22-23-21(26-19)27-15(3)20(25)24-14(2)12-16-9-5-7-11-18(16)24/h4-11,14-15H,12H2,1-3H3/t14-,15-/m0/s1. The molecule has 138 valence electrons. The third-order valence-electron chi connectivity index (χ3n) is 4.85. The average molecular weight is 379 g/mol. The fourth-order valence-corrected chi connectivity index (χ4v) is 4.21. The number of aryl methyl sites for hydroxylation is 1. The van der Waals surface area contributed by atoms with Gasteiger partial charge in [-0.15, -0.1) is 10.2 Å². The van der Waals surface area contributed by atoms with Crippen LogP contribution in [0.25, 0.3) is 11.5 Å². The van der Waals surface area contributed by atoms with Crippen LogP contribution in [0, 0.1) is 6.92 Å². The molecular formula is C21H21N3O2S. The molecule has 1 aliphatic heterocycles. The maximum absolute atomic E-state index is 13.1. The van der Waals surface area contributed by atoms with Gasteiger partial charge in [-0.2, -0.15) is 0 Å². The Labute approximate surface area is 162 Å². The third kappa shape index (κ3) is 3.37. The lowest BCUT2D eigenvalue weighted by atomic mass is 10.1. The van der Waals surface area contributed by atoms with E-state index in [1.165, 1.54) is 17.3 Å². The van der Waals surface area contributed by atoms with E-state index in [1.54, 1.807) is 0 Å². The van der Waals surface area contributed by atoms with Crippen LogP contribution in [0.4, 0.5) is 5.69 Å². The van der Waals surface area contributed by atoms with E-state index >= 15 is 0 Å². The van der Waals surface area contributed by atoms with Gasteiger partial charge in [0.2, 0.25) is 11.8 Å². The first-order chi connectivity index (χ1) is 13.0. The zero-order valence-corrected chi connectivity index (χ0v) is 16.4. The van der Waals surface area contributed by atoms with Crippen molar-refractivity contribution in [3.63, 3.8) is 0 Å². The van der Waals surface area contributed by atoms with Crippen molar-refractivity contribution in [3.8, 4) is 11.5 Å². The van der Waals surface area contributed by atoms with Crippen LogP contribution in [0.1, 0.15) is 25.0 Å². The largest absolute Gasteiger partial charge is 0.411 e. The number of benzene rings is 2. The molecule has 0 N–H and O–H groups in total. The van der Waals surface area contributed by atoms with Gasteiger partial charge in [0.05, 0.1) is 5.25 Å². The highest BCUT2D eigenvalue weighted by atomic mass is 32.2. The predicted octanol–water partition coefficient (Wildman–Crippen LogP) is 4.50. The van der Waals surface area contributed by atoms with Crippen LogP contribution >= 0.6 is 11.8 Å². The third-order valence-corrected chi connectivity index (χ3v) is 5.77. The highest BCUT2D eigenvalue weighted by molar-refractivity contribution is 8.00. The zero-order chi connectivity index (χ0) is 19.0. The summed E-state index contributed by atoms with van der Waals surface area (Å²) < 4.78 is 5.80. The molecule has 0 fully saturated rings. The fraction of sp³-hybridized carbons (Fsp3) is 0.286. The number of carbonyl (C=O) groups is 1. The molecule has 0 saturated carbocycles. The summed E-state index contributed by atoms with van der Waals surface area (Å²) in [5.74, 6) is 0.545. The molecule has 3 aromatic rings. The second kappa shape index (κ2) is 7.19. The topological polar surface area (TPSA) is 59.2 Å². The Morgan fingerprint density at radius 1 is 1.19 bits per heavy atom. The summed E-state index contributed by atoms with van der Waals surface area (Å²) in [7, 11) is 0. The molecule has 27 heavy (non-hydrogen) atoms. The average Bonchev–Trinajstić information content (AvgIpc) is 3.25. The summed E-state index contributed by atoms with van der Waals surface area (Å²) in [4.78, 5) is 15.0. The van der Waals surface area contributed by atoms with Gasteiger partial charge in [0.25, 0.3) is 5.22 Å². The van der Waals surface area contributed by atoms with Gasteiger partial charge in [0.1, 0.15) is 0 Å². The minimum Gasteiger partial charge on any atom is -0.411 e. The highest BCUT2D eigenvalue weighted by Gasteiger charge is 2.34. The molecular weight excluding hydrogens is 358 g/mol. The minimum atomic E-state index is -0.316. The first kappa shape index (κ1) is 17.8. The van der Waals surface area contributed by atoms with Crippen molar-refractivity contribution in [1.82, 2.24) is 10.2 Å². The molecule has 1 aromatic heterocycles.